The van der Waals surface area contributed by atoms with E-state index in [4.69, 9.17) is 15.2 Å². The summed E-state index contributed by atoms with van der Waals surface area (Å²) in [5.74, 6) is 1.87. The fourth-order valence-electron chi connectivity index (χ4n) is 2.40. The molecule has 0 saturated carbocycles. The van der Waals surface area contributed by atoms with E-state index in [2.05, 4.69) is 29.4 Å². The van der Waals surface area contributed by atoms with Crippen LogP contribution in [0.3, 0.4) is 0 Å². The summed E-state index contributed by atoms with van der Waals surface area (Å²) in [6.07, 6.45) is 1.77. The van der Waals surface area contributed by atoms with Crippen LogP contribution in [-0.4, -0.2) is 26.7 Å². The van der Waals surface area contributed by atoms with Gasteiger partial charge in [0.25, 0.3) is 0 Å². The lowest BCUT2D eigenvalue weighted by atomic mass is 10.1. The first-order valence-electron chi connectivity index (χ1n) is 8.03. The summed E-state index contributed by atoms with van der Waals surface area (Å²) in [7, 11) is 3.26. The van der Waals surface area contributed by atoms with E-state index < -0.39 is 0 Å². The fraction of sp³-hybridized carbons (Fsp3) is 0.316. The molecule has 25 heavy (non-hydrogen) atoms. The molecule has 0 aliphatic rings. The number of ether oxygens (including phenoxy) is 2. The molecule has 2 aromatic carbocycles. The molecular weight excluding hydrogens is 429 g/mol. The Kier molecular flexibility index (Phi) is 9.12. The number of nitrogens with zero attached hydrogens (tertiary/aromatic N) is 1. The van der Waals surface area contributed by atoms with E-state index in [0.717, 1.165) is 35.6 Å². The zero-order valence-corrected chi connectivity index (χ0v) is 17.2. The molecule has 2 rings (SSSR count). The summed E-state index contributed by atoms with van der Waals surface area (Å²) < 4.78 is 10.5. The molecule has 0 aromatic heterocycles. The molecule has 0 atom stereocenters. The number of anilines is 1. The number of aryl methyl sites for hydroxylation is 1. The van der Waals surface area contributed by atoms with Gasteiger partial charge in [0, 0.05) is 12.2 Å². The number of hydrogen-bond donors (Lipinski definition) is 2. The van der Waals surface area contributed by atoms with E-state index >= 15 is 0 Å². The standard InChI is InChI=1S/C19H25N3O2.HI/c1-4-14-6-5-7-16(12-14)22-19(20)21-11-10-15-8-9-17(23-2)18(13-15)24-3;/h5-9,12-13H,4,10-11H2,1-3H3,(H3,20,21,22);1H. The maximum absolute atomic E-state index is 5.96. The topological polar surface area (TPSA) is 68.9 Å². The maximum atomic E-state index is 5.96. The van der Waals surface area contributed by atoms with E-state index in [1.807, 2.05) is 30.3 Å². The van der Waals surface area contributed by atoms with Crippen molar-refractivity contribution in [2.45, 2.75) is 19.8 Å². The molecule has 0 heterocycles. The minimum absolute atomic E-state index is 0. The second-order valence-electron chi connectivity index (χ2n) is 5.39. The predicted molar refractivity (Wildman–Crippen MR) is 115 cm³/mol. The average molecular weight is 455 g/mol. The van der Waals surface area contributed by atoms with Gasteiger partial charge in [-0.25, -0.2) is 0 Å². The Bertz CT molecular complexity index is 705. The summed E-state index contributed by atoms with van der Waals surface area (Å²) >= 11 is 0. The van der Waals surface area contributed by atoms with Gasteiger partial charge in [-0.05, 0) is 48.2 Å². The number of rotatable bonds is 7. The molecule has 0 saturated heterocycles. The average Bonchev–Trinajstić information content (AvgIpc) is 2.61. The molecule has 0 fully saturated rings. The van der Waals surface area contributed by atoms with Crippen molar-refractivity contribution in [3.63, 3.8) is 0 Å². The summed E-state index contributed by atoms with van der Waals surface area (Å²) in [6.45, 7) is 2.72. The number of aliphatic imine (C=N–C) groups is 1. The Hall–Kier alpha value is -1.96. The van der Waals surface area contributed by atoms with E-state index in [0.29, 0.717) is 12.5 Å². The largest absolute Gasteiger partial charge is 0.493 e. The van der Waals surface area contributed by atoms with Crippen LogP contribution in [0.15, 0.2) is 47.5 Å². The third-order valence-electron chi connectivity index (χ3n) is 3.74. The number of methoxy groups -OCH3 is 2. The Labute approximate surface area is 166 Å². The highest BCUT2D eigenvalue weighted by Gasteiger charge is 2.04. The highest BCUT2D eigenvalue weighted by atomic mass is 127. The van der Waals surface area contributed by atoms with Crippen LogP contribution in [0.25, 0.3) is 0 Å². The molecule has 0 spiro atoms. The fourth-order valence-corrected chi connectivity index (χ4v) is 2.40. The third-order valence-corrected chi connectivity index (χ3v) is 3.74. The molecule has 0 bridgehead atoms. The number of nitrogens with one attached hydrogen (secondary N) is 1. The minimum atomic E-state index is 0. The zero-order chi connectivity index (χ0) is 17.4. The van der Waals surface area contributed by atoms with Crippen LogP contribution < -0.4 is 20.5 Å². The lowest BCUT2D eigenvalue weighted by Crippen LogP contribution is -2.23. The van der Waals surface area contributed by atoms with Crippen molar-refractivity contribution < 1.29 is 9.47 Å². The van der Waals surface area contributed by atoms with Crippen LogP contribution in [0.5, 0.6) is 11.5 Å². The van der Waals surface area contributed by atoms with Crippen LogP contribution in [0.2, 0.25) is 0 Å². The smallest absolute Gasteiger partial charge is 0.193 e. The first-order valence-corrected chi connectivity index (χ1v) is 8.03. The maximum Gasteiger partial charge on any atom is 0.193 e. The van der Waals surface area contributed by atoms with Gasteiger partial charge in [0.1, 0.15) is 0 Å². The van der Waals surface area contributed by atoms with E-state index in [9.17, 15) is 0 Å². The number of guanidine groups is 1. The van der Waals surface area contributed by atoms with Crippen LogP contribution in [0.1, 0.15) is 18.1 Å². The molecule has 0 aliphatic carbocycles. The van der Waals surface area contributed by atoms with E-state index in [-0.39, 0.29) is 24.0 Å². The van der Waals surface area contributed by atoms with Crippen molar-refractivity contribution in [2.75, 3.05) is 26.1 Å². The normalized spacial score (nSPS) is 10.8. The zero-order valence-electron chi connectivity index (χ0n) is 14.9. The van der Waals surface area contributed by atoms with Crippen LogP contribution in [0, 0.1) is 0 Å². The Morgan fingerprint density at radius 3 is 2.48 bits per heavy atom. The van der Waals surface area contributed by atoms with Crippen LogP contribution in [0.4, 0.5) is 5.69 Å². The molecule has 2 aromatic rings. The van der Waals surface area contributed by atoms with Gasteiger partial charge in [0.05, 0.1) is 14.2 Å². The van der Waals surface area contributed by atoms with Crippen molar-refractivity contribution in [1.29, 1.82) is 0 Å². The summed E-state index contributed by atoms with van der Waals surface area (Å²) in [4.78, 5) is 4.38. The molecule has 136 valence electrons. The van der Waals surface area contributed by atoms with Crippen molar-refractivity contribution in [3.8, 4) is 11.5 Å². The summed E-state index contributed by atoms with van der Waals surface area (Å²) in [5, 5.41) is 3.13. The molecule has 0 unspecified atom stereocenters. The highest BCUT2D eigenvalue weighted by molar-refractivity contribution is 14.0. The van der Waals surface area contributed by atoms with Gasteiger partial charge in [0.2, 0.25) is 0 Å². The van der Waals surface area contributed by atoms with Gasteiger partial charge in [-0.2, -0.15) is 0 Å². The molecule has 0 aliphatic heterocycles. The van der Waals surface area contributed by atoms with Crippen molar-refractivity contribution >= 4 is 35.6 Å². The molecular formula is C19H26IN3O2. The lowest BCUT2D eigenvalue weighted by Gasteiger charge is -2.09. The predicted octanol–water partition coefficient (Wildman–Crippen LogP) is 3.85. The number of benzene rings is 2. The van der Waals surface area contributed by atoms with Crippen molar-refractivity contribution in [3.05, 3.63) is 53.6 Å². The second kappa shape index (κ2) is 10.8. The molecule has 6 heteroatoms. The van der Waals surface area contributed by atoms with Gasteiger partial charge < -0.3 is 20.5 Å². The number of nitrogens with two attached hydrogens (primary N) is 1. The minimum Gasteiger partial charge on any atom is -0.493 e. The Morgan fingerprint density at radius 2 is 1.80 bits per heavy atom. The van der Waals surface area contributed by atoms with Gasteiger partial charge in [0.15, 0.2) is 17.5 Å². The summed E-state index contributed by atoms with van der Waals surface area (Å²) in [6, 6.07) is 14.0. The second-order valence-corrected chi connectivity index (χ2v) is 5.39. The molecule has 5 nitrogen and oxygen atoms in total. The van der Waals surface area contributed by atoms with Crippen molar-refractivity contribution in [1.82, 2.24) is 0 Å². The Morgan fingerprint density at radius 1 is 1.04 bits per heavy atom. The monoisotopic (exact) mass is 455 g/mol. The van der Waals surface area contributed by atoms with Gasteiger partial charge >= 0.3 is 0 Å². The Balaban J connectivity index is 0.00000312. The quantitative estimate of drug-likeness (QED) is 0.378. The molecule has 0 radical (unpaired) electrons. The van der Waals surface area contributed by atoms with Gasteiger partial charge in [-0.3, -0.25) is 4.99 Å². The van der Waals surface area contributed by atoms with Crippen LogP contribution >= 0.6 is 24.0 Å². The van der Waals surface area contributed by atoms with Crippen molar-refractivity contribution in [2.24, 2.45) is 10.7 Å². The van der Waals surface area contributed by atoms with Gasteiger partial charge in [-0.15, -0.1) is 24.0 Å². The lowest BCUT2D eigenvalue weighted by molar-refractivity contribution is 0.354. The number of halogens is 1. The highest BCUT2D eigenvalue weighted by Crippen LogP contribution is 2.27. The van der Waals surface area contributed by atoms with E-state index in [1.165, 1.54) is 5.56 Å². The molecule has 0 amide bonds. The van der Waals surface area contributed by atoms with E-state index in [1.54, 1.807) is 14.2 Å². The van der Waals surface area contributed by atoms with Gasteiger partial charge in [-0.1, -0.05) is 25.1 Å². The molecule has 3 N–H and O–H groups in total. The first kappa shape index (κ1) is 21.1. The summed E-state index contributed by atoms with van der Waals surface area (Å²) in [5.41, 5.74) is 9.30. The first-order chi connectivity index (χ1) is 11.7. The third kappa shape index (κ3) is 6.45. The number of hydrogen-bond acceptors (Lipinski definition) is 3. The SMILES string of the molecule is CCc1cccc(NC(N)=NCCc2ccc(OC)c(OC)c2)c1.I. The van der Waals surface area contributed by atoms with Crippen LogP contribution in [-0.2, 0) is 12.8 Å².